The monoisotopic (exact) mass is 659 g/mol. The molecular weight excluding hydrogens is 626 g/mol. The van der Waals surface area contributed by atoms with Gasteiger partial charge in [0.25, 0.3) is 11.4 Å². The van der Waals surface area contributed by atoms with Crippen LogP contribution in [0.15, 0.2) is 73.2 Å². The number of nitrogen functional groups attached to an aromatic ring is 1. The quantitative estimate of drug-likeness (QED) is 0.114. The fourth-order valence-electron chi connectivity index (χ4n) is 4.13. The zero-order valence-corrected chi connectivity index (χ0v) is 26.9. The molecule has 0 aliphatic heterocycles. The van der Waals surface area contributed by atoms with Crippen molar-refractivity contribution in [3.8, 4) is 0 Å². The van der Waals surface area contributed by atoms with Gasteiger partial charge in [-0.15, -0.1) is 0 Å². The van der Waals surface area contributed by atoms with E-state index in [0.29, 0.717) is 22.1 Å². The van der Waals surface area contributed by atoms with Crippen LogP contribution in [0, 0.1) is 20.2 Å². The first-order valence-electron chi connectivity index (χ1n) is 14.3. The number of nitrogens with one attached hydrogen (secondary N) is 1. The molecule has 3 N–H and O–H groups in total. The van der Waals surface area contributed by atoms with Crippen LogP contribution < -0.4 is 5.73 Å². The van der Waals surface area contributed by atoms with E-state index in [4.69, 9.17) is 15.2 Å². The van der Waals surface area contributed by atoms with E-state index in [1.807, 2.05) is 20.8 Å². The number of nitro benzene ring substituents is 2. The maximum atomic E-state index is 11.9. The fourth-order valence-corrected chi connectivity index (χ4v) is 4.13. The number of nitrogens with zero attached hydrogens (tertiary/aromatic N) is 7. The Labute approximate surface area is 272 Å². The molecule has 0 amide bonds. The minimum absolute atomic E-state index is 0.0451. The van der Waals surface area contributed by atoms with Crippen molar-refractivity contribution in [2.75, 3.05) is 5.73 Å². The number of H-pyrrole nitrogens is 1. The van der Waals surface area contributed by atoms with Crippen molar-refractivity contribution in [2.24, 2.45) is 0 Å². The van der Waals surface area contributed by atoms with Gasteiger partial charge in [0.15, 0.2) is 0 Å². The lowest BCUT2D eigenvalue weighted by atomic mass is 10.2. The summed E-state index contributed by atoms with van der Waals surface area (Å²) in [6.07, 6.45) is 3.44. The van der Waals surface area contributed by atoms with Gasteiger partial charge in [-0.05, 0) is 71.9 Å². The van der Waals surface area contributed by atoms with Gasteiger partial charge in [0, 0.05) is 46.1 Å². The standard InChI is InChI=1S/C12H13N3O4.C12H15N3O2.C7H5N3O2/c1-12(2,3)19-11(16)14-10-5-4-9(15(17)18)6-8(10)7-13-14;1-12(2,3)17-11(16)15-10-5-4-9(13)6-8(10)7-14-15;11-10(12)6-1-2-7-5(3-6)4-8-9-7/h4-7H,1-3H3;4-7H,13H2,1-3H3;1-4H,(H,8,9). The molecule has 6 aromatic rings. The Balaban J connectivity index is 0.000000166. The molecule has 3 aromatic heterocycles. The van der Waals surface area contributed by atoms with Crippen LogP contribution in [0.4, 0.5) is 26.7 Å². The summed E-state index contributed by atoms with van der Waals surface area (Å²) in [6, 6.07) is 14.0. The predicted octanol–water partition coefficient (Wildman–Crippen LogP) is 6.60. The Morgan fingerprint density at radius 1 is 0.708 bits per heavy atom. The summed E-state index contributed by atoms with van der Waals surface area (Å²) >= 11 is 0. The normalized spacial score (nSPS) is 11.3. The first-order chi connectivity index (χ1) is 22.4. The van der Waals surface area contributed by atoms with Gasteiger partial charge in [0.2, 0.25) is 0 Å². The van der Waals surface area contributed by atoms with E-state index in [1.165, 1.54) is 41.2 Å². The highest BCUT2D eigenvalue weighted by Gasteiger charge is 2.21. The Hall–Kier alpha value is -6.39. The summed E-state index contributed by atoms with van der Waals surface area (Å²) in [6.45, 7) is 10.7. The highest BCUT2D eigenvalue weighted by atomic mass is 16.6. The van der Waals surface area contributed by atoms with Gasteiger partial charge < -0.3 is 15.2 Å². The number of benzene rings is 3. The molecule has 0 aliphatic rings. The molecule has 17 nitrogen and oxygen atoms in total. The average Bonchev–Trinajstić information content (AvgIpc) is 3.73. The second kappa shape index (κ2) is 13.5. The Morgan fingerprint density at radius 2 is 1.17 bits per heavy atom. The van der Waals surface area contributed by atoms with Gasteiger partial charge in [-0.3, -0.25) is 25.3 Å². The van der Waals surface area contributed by atoms with Crippen molar-refractivity contribution in [3.63, 3.8) is 0 Å². The molecule has 0 radical (unpaired) electrons. The molecule has 0 atom stereocenters. The Bertz CT molecular complexity index is 2130. The SMILES string of the molecule is CC(C)(C)OC(=O)n1ncc2cc(N)ccc21.CC(C)(C)OC(=O)n1ncc2cc([N+](=O)[O-])ccc21.O=[N+]([O-])c1ccc2[nH]ncc2c1. The molecule has 0 fully saturated rings. The van der Waals surface area contributed by atoms with E-state index < -0.39 is 33.2 Å². The number of fused-ring (bicyclic) bond motifs is 3. The molecule has 17 heteroatoms. The van der Waals surface area contributed by atoms with Crippen molar-refractivity contribution in [2.45, 2.75) is 52.7 Å². The van der Waals surface area contributed by atoms with Gasteiger partial charge >= 0.3 is 12.2 Å². The van der Waals surface area contributed by atoms with Crippen molar-refractivity contribution in [3.05, 3.63) is 93.4 Å². The third-order valence-electron chi connectivity index (χ3n) is 6.12. The predicted molar refractivity (Wildman–Crippen MR) is 177 cm³/mol. The summed E-state index contributed by atoms with van der Waals surface area (Å²) in [4.78, 5) is 43.8. The van der Waals surface area contributed by atoms with Crippen molar-refractivity contribution in [1.29, 1.82) is 0 Å². The Kier molecular flexibility index (Phi) is 9.72. The van der Waals surface area contributed by atoms with Gasteiger partial charge in [0.05, 0.1) is 45.0 Å². The minimum atomic E-state index is -0.629. The van der Waals surface area contributed by atoms with Crippen molar-refractivity contribution < 1.29 is 28.9 Å². The second-order valence-electron chi connectivity index (χ2n) is 12.3. The number of hydrogen-bond acceptors (Lipinski definition) is 12. The molecule has 48 heavy (non-hydrogen) atoms. The minimum Gasteiger partial charge on any atom is -0.442 e. The van der Waals surface area contributed by atoms with Crippen LogP contribution in [0.1, 0.15) is 41.5 Å². The number of aromatic amines is 1. The summed E-state index contributed by atoms with van der Waals surface area (Å²) in [5.74, 6) is 0. The first-order valence-corrected chi connectivity index (χ1v) is 14.3. The molecular formula is C31H33N9O8. The molecule has 0 saturated carbocycles. The van der Waals surface area contributed by atoms with Gasteiger partial charge in [0.1, 0.15) is 11.2 Å². The maximum absolute atomic E-state index is 11.9. The van der Waals surface area contributed by atoms with E-state index in [2.05, 4.69) is 20.4 Å². The number of aromatic nitrogens is 6. The maximum Gasteiger partial charge on any atom is 0.435 e. The summed E-state index contributed by atoms with van der Waals surface area (Å²) in [5, 5.41) is 37.5. The van der Waals surface area contributed by atoms with Gasteiger partial charge in [-0.25, -0.2) is 9.59 Å². The number of ether oxygens (including phenoxy) is 2. The van der Waals surface area contributed by atoms with Crippen LogP contribution in [-0.2, 0) is 9.47 Å². The zero-order chi connectivity index (χ0) is 35.4. The highest BCUT2D eigenvalue weighted by molar-refractivity contribution is 5.90. The molecule has 3 heterocycles. The van der Waals surface area contributed by atoms with E-state index in [9.17, 15) is 29.8 Å². The van der Waals surface area contributed by atoms with Gasteiger partial charge in [-0.1, -0.05) is 0 Å². The van der Waals surface area contributed by atoms with Crippen molar-refractivity contribution >= 4 is 62.0 Å². The van der Waals surface area contributed by atoms with Crippen molar-refractivity contribution in [1.82, 2.24) is 29.8 Å². The highest BCUT2D eigenvalue weighted by Crippen LogP contribution is 2.22. The lowest BCUT2D eigenvalue weighted by Gasteiger charge is -2.19. The topological polar surface area (TPSA) is 229 Å². The fraction of sp³-hybridized carbons (Fsp3) is 0.258. The second-order valence-corrected chi connectivity index (χ2v) is 12.3. The van der Waals surface area contributed by atoms with E-state index >= 15 is 0 Å². The Morgan fingerprint density at radius 3 is 1.67 bits per heavy atom. The van der Waals surface area contributed by atoms with Crippen LogP contribution in [0.3, 0.4) is 0 Å². The van der Waals surface area contributed by atoms with Crippen LogP contribution in [0.5, 0.6) is 0 Å². The third kappa shape index (κ3) is 8.65. The first kappa shape index (κ1) is 34.5. The molecule has 0 bridgehead atoms. The van der Waals surface area contributed by atoms with E-state index in [1.54, 1.807) is 57.4 Å². The van der Waals surface area contributed by atoms with Crippen LogP contribution >= 0.6 is 0 Å². The zero-order valence-electron chi connectivity index (χ0n) is 26.9. The number of hydrogen-bond donors (Lipinski definition) is 2. The van der Waals surface area contributed by atoms with E-state index in [-0.39, 0.29) is 11.4 Å². The number of nitro groups is 2. The lowest BCUT2D eigenvalue weighted by molar-refractivity contribution is -0.384. The van der Waals surface area contributed by atoms with Crippen LogP contribution in [0.25, 0.3) is 32.7 Å². The number of rotatable bonds is 2. The third-order valence-corrected chi connectivity index (χ3v) is 6.12. The molecule has 0 unspecified atom stereocenters. The number of non-ortho nitro benzene ring substituents is 2. The summed E-state index contributed by atoms with van der Waals surface area (Å²) in [7, 11) is 0. The van der Waals surface area contributed by atoms with Gasteiger partial charge in [-0.2, -0.15) is 24.7 Å². The number of anilines is 1. The van der Waals surface area contributed by atoms with Crippen LogP contribution in [-0.4, -0.2) is 63.0 Å². The smallest absolute Gasteiger partial charge is 0.435 e. The van der Waals surface area contributed by atoms with E-state index in [0.717, 1.165) is 21.0 Å². The number of nitrogens with two attached hydrogens (primary N) is 1. The summed E-state index contributed by atoms with van der Waals surface area (Å²) in [5.41, 5.74) is 7.14. The molecule has 0 spiro atoms. The molecule has 3 aromatic carbocycles. The summed E-state index contributed by atoms with van der Waals surface area (Å²) < 4.78 is 12.8. The largest absolute Gasteiger partial charge is 0.442 e. The van der Waals surface area contributed by atoms with Crippen LogP contribution in [0.2, 0.25) is 0 Å². The average molecular weight is 660 g/mol. The lowest BCUT2D eigenvalue weighted by Crippen LogP contribution is -2.27. The molecule has 0 saturated heterocycles. The number of carbonyl (C=O) groups excluding carboxylic acids is 2. The molecule has 6 rings (SSSR count). The molecule has 0 aliphatic carbocycles. The number of carbonyl (C=O) groups is 2. The molecule has 250 valence electrons.